The highest BCUT2D eigenvalue weighted by molar-refractivity contribution is 5.84. The van der Waals surface area contributed by atoms with Crippen molar-refractivity contribution in [2.24, 2.45) is 59.2 Å². The smallest absolute Gasteiger partial charge is 0.308 e. The Morgan fingerprint density at radius 2 is 0.920 bits per heavy atom. The first-order valence-electron chi connectivity index (χ1n) is 8.35. The summed E-state index contributed by atoms with van der Waals surface area (Å²) in [5, 5.41) is 38.2. The van der Waals surface area contributed by atoms with Crippen molar-refractivity contribution in [3.8, 4) is 0 Å². The fourth-order valence-corrected chi connectivity index (χ4v) is 6.61. The molecule has 0 spiro atoms. The quantitative estimate of drug-likeness (QED) is 0.535. The molecule has 3 saturated carbocycles. The topological polar surface area (TPSA) is 149 Å². The lowest BCUT2D eigenvalue weighted by atomic mass is 9.48. The predicted octanol–water partition coefficient (Wildman–Crippen LogP) is 0.488. The van der Waals surface area contributed by atoms with Gasteiger partial charge < -0.3 is 20.4 Å². The van der Waals surface area contributed by atoms with Gasteiger partial charge in [-0.1, -0.05) is 12.2 Å². The minimum atomic E-state index is -1.19. The van der Waals surface area contributed by atoms with Crippen LogP contribution in [0.3, 0.4) is 0 Å². The number of hydrogen-bond acceptors (Lipinski definition) is 4. The molecule has 4 N–H and O–H groups in total. The Bertz CT molecular complexity index is 653. The van der Waals surface area contributed by atoms with E-state index in [9.17, 15) is 39.6 Å². The van der Waals surface area contributed by atoms with Gasteiger partial charge in [0.25, 0.3) is 0 Å². The van der Waals surface area contributed by atoms with Gasteiger partial charge in [-0.05, 0) is 41.9 Å². The summed E-state index contributed by atoms with van der Waals surface area (Å²) in [6, 6.07) is 0. The van der Waals surface area contributed by atoms with E-state index in [-0.39, 0.29) is 11.8 Å². The molecule has 10 atom stereocenters. The minimum absolute atomic E-state index is 0.270. The van der Waals surface area contributed by atoms with E-state index in [0.29, 0.717) is 6.42 Å². The number of rotatable bonds is 4. The third kappa shape index (κ3) is 1.88. The zero-order valence-corrected chi connectivity index (χ0v) is 13.1. The van der Waals surface area contributed by atoms with Crippen molar-refractivity contribution < 1.29 is 39.6 Å². The average molecular weight is 350 g/mol. The maximum Gasteiger partial charge on any atom is 0.308 e. The van der Waals surface area contributed by atoms with Crippen molar-refractivity contribution in [1.82, 2.24) is 0 Å². The van der Waals surface area contributed by atoms with Gasteiger partial charge in [0.1, 0.15) is 0 Å². The van der Waals surface area contributed by atoms with Crippen molar-refractivity contribution in [2.45, 2.75) is 6.42 Å². The number of allylic oxidation sites excluding steroid dienone is 2. The van der Waals surface area contributed by atoms with Crippen LogP contribution in [0.15, 0.2) is 12.2 Å². The zero-order valence-electron chi connectivity index (χ0n) is 13.1. The Labute approximate surface area is 142 Å². The van der Waals surface area contributed by atoms with Crippen LogP contribution < -0.4 is 0 Å². The molecule has 3 fully saturated rings. The third-order valence-corrected chi connectivity index (χ3v) is 7.09. The summed E-state index contributed by atoms with van der Waals surface area (Å²) in [5.41, 5.74) is 0. The van der Waals surface area contributed by atoms with Gasteiger partial charge in [-0.15, -0.1) is 0 Å². The van der Waals surface area contributed by atoms with Crippen LogP contribution in [0.1, 0.15) is 6.42 Å². The maximum absolute atomic E-state index is 11.7. The van der Waals surface area contributed by atoms with Crippen molar-refractivity contribution in [3.63, 3.8) is 0 Å². The summed E-state index contributed by atoms with van der Waals surface area (Å²) in [6.07, 6.45) is 3.86. The molecular formula is C17H18O8. The normalized spacial score (nSPS) is 49.0. The molecule has 0 radical (unpaired) electrons. The van der Waals surface area contributed by atoms with Crippen LogP contribution in [0.4, 0.5) is 0 Å². The molecule has 0 aromatic rings. The standard InChI is InChI=1S/C17H18O8/c18-14(19)10-4-1-2-5(11(10)15(20)21)9-7-3-6(8(4)9)12(16(22)23)13(7)17(24)25/h1-2,4-13H,3H2,(H,18,19)(H,20,21)(H,22,23)(H,24,25)/t4-,5+,6+,7-,8?,9?,10-,11+,12+,13-. The molecule has 0 aromatic carbocycles. The van der Waals surface area contributed by atoms with Crippen LogP contribution in [0, 0.1) is 59.2 Å². The number of carboxylic acid groups (broad SMARTS) is 4. The number of hydrogen-bond donors (Lipinski definition) is 4. The Hall–Kier alpha value is -2.38. The molecular weight excluding hydrogens is 332 g/mol. The Balaban J connectivity index is 1.80. The van der Waals surface area contributed by atoms with E-state index in [0.717, 1.165) is 0 Å². The van der Waals surface area contributed by atoms with Crippen LogP contribution in [-0.2, 0) is 19.2 Å². The van der Waals surface area contributed by atoms with Crippen LogP contribution in [0.25, 0.3) is 0 Å². The van der Waals surface area contributed by atoms with Crippen molar-refractivity contribution >= 4 is 23.9 Å². The molecule has 0 heterocycles. The second-order valence-electron chi connectivity index (χ2n) is 7.71. The lowest BCUT2D eigenvalue weighted by Gasteiger charge is -2.54. The average Bonchev–Trinajstić information content (AvgIpc) is 3.11. The SMILES string of the molecule is O=C(O)[C@@H]1[C@H](C(=O)O)[C@@H]2C=C[C@H]1C1C2[C@@H]2C[C@H]1[C@@H](C(=O)O)[C@H]2C(=O)O. The monoisotopic (exact) mass is 350 g/mol. The van der Waals surface area contributed by atoms with Crippen molar-refractivity contribution in [3.05, 3.63) is 12.2 Å². The van der Waals surface area contributed by atoms with Gasteiger partial charge in [-0.25, -0.2) is 0 Å². The van der Waals surface area contributed by atoms with Crippen LogP contribution in [-0.4, -0.2) is 44.3 Å². The van der Waals surface area contributed by atoms with Gasteiger partial charge in [0.15, 0.2) is 0 Å². The molecule has 0 aliphatic heterocycles. The number of aliphatic carboxylic acids is 4. The second-order valence-corrected chi connectivity index (χ2v) is 7.71. The molecule has 2 unspecified atom stereocenters. The molecule has 0 saturated heterocycles. The van der Waals surface area contributed by atoms with E-state index in [1.807, 2.05) is 0 Å². The first kappa shape index (κ1) is 16.1. The summed E-state index contributed by atoms with van der Waals surface area (Å²) in [7, 11) is 0. The fraction of sp³-hybridized carbons (Fsp3) is 0.647. The van der Waals surface area contributed by atoms with Gasteiger partial charge in [0.05, 0.1) is 23.7 Å². The summed E-state index contributed by atoms with van der Waals surface area (Å²) in [4.78, 5) is 46.8. The minimum Gasteiger partial charge on any atom is -0.481 e. The van der Waals surface area contributed by atoms with E-state index in [4.69, 9.17) is 0 Å². The lowest BCUT2D eigenvalue weighted by molar-refractivity contribution is -0.175. The predicted molar refractivity (Wildman–Crippen MR) is 79.2 cm³/mol. The molecule has 5 aliphatic rings. The van der Waals surface area contributed by atoms with E-state index in [2.05, 4.69) is 0 Å². The number of carbonyl (C=O) groups is 4. The van der Waals surface area contributed by atoms with Crippen LogP contribution >= 0.6 is 0 Å². The van der Waals surface area contributed by atoms with Gasteiger partial charge in [0, 0.05) is 0 Å². The number of carboxylic acids is 4. The van der Waals surface area contributed by atoms with E-state index in [1.165, 1.54) is 0 Å². The molecule has 0 aromatic heterocycles. The highest BCUT2D eigenvalue weighted by Gasteiger charge is 2.70. The summed E-state index contributed by atoms with van der Waals surface area (Å²) in [6.45, 7) is 0. The Morgan fingerprint density at radius 1 is 0.600 bits per heavy atom. The fourth-order valence-electron chi connectivity index (χ4n) is 6.61. The van der Waals surface area contributed by atoms with Crippen molar-refractivity contribution in [2.75, 3.05) is 0 Å². The molecule has 25 heavy (non-hydrogen) atoms. The van der Waals surface area contributed by atoms with E-state index < -0.39 is 71.2 Å². The van der Waals surface area contributed by atoms with Gasteiger partial charge in [-0.3, -0.25) is 19.2 Å². The molecule has 0 amide bonds. The summed E-state index contributed by atoms with van der Waals surface area (Å²) < 4.78 is 0. The van der Waals surface area contributed by atoms with Crippen molar-refractivity contribution in [1.29, 1.82) is 0 Å². The number of fused-ring (bicyclic) bond motifs is 3. The van der Waals surface area contributed by atoms with Crippen LogP contribution in [0.2, 0.25) is 0 Å². The van der Waals surface area contributed by atoms with Gasteiger partial charge >= 0.3 is 23.9 Å². The third-order valence-electron chi connectivity index (χ3n) is 7.09. The largest absolute Gasteiger partial charge is 0.481 e. The zero-order chi connectivity index (χ0) is 18.2. The highest BCUT2D eigenvalue weighted by atomic mass is 16.4. The van der Waals surface area contributed by atoms with Gasteiger partial charge in [-0.2, -0.15) is 0 Å². The highest BCUT2D eigenvalue weighted by Crippen LogP contribution is 2.68. The first-order valence-corrected chi connectivity index (χ1v) is 8.35. The first-order chi connectivity index (χ1) is 11.8. The second kappa shape index (κ2) is 5.06. The molecule has 5 aliphatic carbocycles. The van der Waals surface area contributed by atoms with E-state index in [1.54, 1.807) is 12.2 Å². The Kier molecular flexibility index (Phi) is 3.26. The Morgan fingerprint density at radius 3 is 1.20 bits per heavy atom. The molecule has 4 bridgehead atoms. The molecule has 8 nitrogen and oxygen atoms in total. The van der Waals surface area contributed by atoms with Gasteiger partial charge in [0.2, 0.25) is 0 Å². The molecule has 134 valence electrons. The maximum atomic E-state index is 11.7. The summed E-state index contributed by atoms with van der Waals surface area (Å²) in [5.74, 6) is -11.4. The summed E-state index contributed by atoms with van der Waals surface area (Å²) >= 11 is 0. The molecule has 8 heteroatoms. The van der Waals surface area contributed by atoms with Crippen LogP contribution in [0.5, 0.6) is 0 Å². The van der Waals surface area contributed by atoms with E-state index >= 15 is 0 Å². The lowest BCUT2D eigenvalue weighted by Crippen LogP contribution is -2.58. The molecule has 5 rings (SSSR count).